The van der Waals surface area contributed by atoms with Gasteiger partial charge in [-0.2, -0.15) is 5.10 Å². The Morgan fingerprint density at radius 3 is 2.58 bits per heavy atom. The van der Waals surface area contributed by atoms with E-state index in [-0.39, 0.29) is 34.3 Å². The van der Waals surface area contributed by atoms with Crippen molar-refractivity contribution in [1.82, 2.24) is 30.0 Å². The lowest BCUT2D eigenvalue weighted by molar-refractivity contribution is 0.0943. The normalized spacial score (nSPS) is 10.8. The summed E-state index contributed by atoms with van der Waals surface area (Å²) in [6.45, 7) is 2.04. The zero-order chi connectivity index (χ0) is 26.6. The Morgan fingerprint density at radius 1 is 1.03 bits per heavy atom. The minimum atomic E-state index is -0.566. The van der Waals surface area contributed by atoms with E-state index in [1.165, 1.54) is 41.2 Å². The van der Waals surface area contributed by atoms with Crippen LogP contribution < -0.4 is 10.6 Å². The van der Waals surface area contributed by atoms with Crippen LogP contribution in [0.4, 0.5) is 10.2 Å². The van der Waals surface area contributed by atoms with Crippen LogP contribution in [0.15, 0.2) is 79.1 Å². The molecule has 0 fully saturated rings. The number of para-hydroxylation sites is 1. The first-order valence-electron chi connectivity index (χ1n) is 11.5. The van der Waals surface area contributed by atoms with Crippen molar-refractivity contribution in [3.8, 4) is 16.9 Å². The van der Waals surface area contributed by atoms with Gasteiger partial charge in [0.1, 0.15) is 23.2 Å². The van der Waals surface area contributed by atoms with Crippen molar-refractivity contribution < 1.29 is 14.0 Å². The Hall–Kier alpha value is -4.83. The monoisotopic (exact) mass is 529 g/mol. The number of rotatable bonds is 7. The summed E-state index contributed by atoms with van der Waals surface area (Å²) in [5, 5.41) is 10.1. The largest absolute Gasteiger partial charge is 0.345 e. The maximum Gasteiger partial charge on any atom is 0.272 e. The maximum absolute atomic E-state index is 14.3. The minimum Gasteiger partial charge on any atom is -0.345 e. The van der Waals surface area contributed by atoms with Crippen LogP contribution in [0.25, 0.3) is 16.9 Å². The van der Waals surface area contributed by atoms with E-state index in [2.05, 4.69) is 30.7 Å². The molecule has 3 heterocycles. The van der Waals surface area contributed by atoms with Gasteiger partial charge in [-0.25, -0.2) is 14.1 Å². The summed E-state index contributed by atoms with van der Waals surface area (Å²) in [4.78, 5) is 37.5. The van der Waals surface area contributed by atoms with Crippen LogP contribution in [-0.2, 0) is 6.54 Å². The smallest absolute Gasteiger partial charge is 0.272 e. The van der Waals surface area contributed by atoms with Gasteiger partial charge in [0.05, 0.1) is 22.8 Å². The minimum absolute atomic E-state index is 0.0860. The average molecular weight is 530 g/mol. The molecule has 0 bridgehead atoms. The fourth-order valence-corrected chi connectivity index (χ4v) is 3.99. The highest BCUT2D eigenvalue weighted by Gasteiger charge is 2.20. The van der Waals surface area contributed by atoms with E-state index in [0.717, 1.165) is 5.69 Å². The molecule has 190 valence electrons. The van der Waals surface area contributed by atoms with Crippen molar-refractivity contribution in [3.63, 3.8) is 0 Å². The highest BCUT2D eigenvalue weighted by Crippen LogP contribution is 2.27. The second-order valence-corrected chi connectivity index (χ2v) is 8.75. The average Bonchev–Trinajstić information content (AvgIpc) is 3.54. The van der Waals surface area contributed by atoms with Gasteiger partial charge in [0.25, 0.3) is 11.8 Å². The van der Waals surface area contributed by atoms with Gasteiger partial charge < -0.3 is 15.6 Å². The summed E-state index contributed by atoms with van der Waals surface area (Å²) >= 11 is 6.33. The van der Waals surface area contributed by atoms with Gasteiger partial charge in [-0.1, -0.05) is 35.9 Å². The molecule has 0 aliphatic rings. The van der Waals surface area contributed by atoms with E-state index in [0.29, 0.717) is 17.1 Å². The van der Waals surface area contributed by atoms with E-state index >= 15 is 0 Å². The topological polar surface area (TPSA) is 118 Å². The zero-order valence-corrected chi connectivity index (χ0v) is 20.8. The van der Waals surface area contributed by atoms with Gasteiger partial charge >= 0.3 is 0 Å². The van der Waals surface area contributed by atoms with E-state index < -0.39 is 17.6 Å². The molecule has 2 amide bonds. The second kappa shape index (κ2) is 10.7. The number of pyridine rings is 1. The fraction of sp³-hybridized carbons (Fsp3) is 0.0741. The predicted octanol–water partition coefficient (Wildman–Crippen LogP) is 4.94. The molecule has 0 saturated heterocycles. The highest BCUT2D eigenvalue weighted by atomic mass is 35.5. The van der Waals surface area contributed by atoms with Crippen molar-refractivity contribution >= 4 is 29.2 Å². The second-order valence-electron chi connectivity index (χ2n) is 8.34. The van der Waals surface area contributed by atoms with E-state index in [4.69, 9.17) is 11.6 Å². The molecule has 38 heavy (non-hydrogen) atoms. The summed E-state index contributed by atoms with van der Waals surface area (Å²) in [6.07, 6.45) is 3.13. The molecule has 0 saturated carbocycles. The van der Waals surface area contributed by atoms with Crippen LogP contribution in [0.3, 0.4) is 0 Å². The van der Waals surface area contributed by atoms with Gasteiger partial charge in [0.15, 0.2) is 5.69 Å². The number of carbonyl (C=O) groups excluding carboxylic acids is 2. The third kappa shape index (κ3) is 5.30. The molecular formula is C27H21ClFN7O2. The third-order valence-electron chi connectivity index (χ3n) is 5.60. The summed E-state index contributed by atoms with van der Waals surface area (Å²) in [5.74, 6) is -0.696. The Morgan fingerprint density at radius 2 is 1.84 bits per heavy atom. The summed E-state index contributed by atoms with van der Waals surface area (Å²) in [5.41, 5.74) is 2.18. The molecule has 9 nitrogen and oxygen atoms in total. The molecule has 3 N–H and O–H groups in total. The number of aromatic nitrogens is 5. The number of anilines is 1. The standard InChI is InChI=1S/C27H21ClFN7O2/c1-16-14-31-23(33-16)15-32-27(38)22-13-24(36(35-22)18-6-3-2-4-7-18)34-26(37)19-12-17(9-10-20(19)28)25-21(29)8-5-11-30-25/h2-14H,15H2,1H3,(H,31,33)(H,32,38)(H,34,37). The van der Waals surface area contributed by atoms with Gasteiger partial charge in [0, 0.05) is 29.7 Å². The molecular weight excluding hydrogens is 509 g/mol. The van der Waals surface area contributed by atoms with Crippen molar-refractivity contribution in [2.45, 2.75) is 13.5 Å². The predicted molar refractivity (Wildman–Crippen MR) is 141 cm³/mol. The molecule has 0 aliphatic heterocycles. The first-order chi connectivity index (χ1) is 18.4. The number of benzene rings is 2. The third-order valence-corrected chi connectivity index (χ3v) is 5.93. The number of hydrogen-bond donors (Lipinski definition) is 3. The van der Waals surface area contributed by atoms with E-state index in [1.54, 1.807) is 24.4 Å². The molecule has 5 aromatic rings. The molecule has 2 aromatic carbocycles. The molecule has 0 spiro atoms. The summed E-state index contributed by atoms with van der Waals surface area (Å²) in [7, 11) is 0. The number of hydrogen-bond acceptors (Lipinski definition) is 5. The first-order valence-corrected chi connectivity index (χ1v) is 11.9. The molecule has 0 radical (unpaired) electrons. The maximum atomic E-state index is 14.3. The lowest BCUT2D eigenvalue weighted by Gasteiger charge is -2.11. The van der Waals surface area contributed by atoms with E-state index in [1.807, 2.05) is 25.1 Å². The number of carbonyl (C=O) groups is 2. The molecule has 0 aliphatic carbocycles. The first kappa shape index (κ1) is 24.8. The Labute approximate surface area is 221 Å². The van der Waals surface area contributed by atoms with Crippen molar-refractivity contribution in [2.75, 3.05) is 5.32 Å². The van der Waals surface area contributed by atoms with Crippen molar-refractivity contribution in [3.05, 3.63) is 113 Å². The number of aryl methyl sites for hydroxylation is 1. The lowest BCUT2D eigenvalue weighted by atomic mass is 10.1. The number of nitrogens with one attached hydrogen (secondary N) is 3. The summed E-state index contributed by atoms with van der Waals surface area (Å²) in [6, 6.07) is 17.8. The summed E-state index contributed by atoms with van der Waals surface area (Å²) < 4.78 is 15.7. The fourth-order valence-electron chi connectivity index (χ4n) is 3.79. The zero-order valence-electron chi connectivity index (χ0n) is 20.1. The van der Waals surface area contributed by atoms with Gasteiger partial charge in [-0.3, -0.25) is 14.6 Å². The highest BCUT2D eigenvalue weighted by molar-refractivity contribution is 6.34. The molecule has 5 rings (SSSR count). The van der Waals surface area contributed by atoms with Crippen LogP contribution in [0, 0.1) is 12.7 Å². The number of H-pyrrole nitrogens is 1. The lowest BCUT2D eigenvalue weighted by Crippen LogP contribution is -2.24. The van der Waals surface area contributed by atoms with Crippen LogP contribution in [0.2, 0.25) is 5.02 Å². The molecule has 3 aromatic heterocycles. The van der Waals surface area contributed by atoms with Crippen molar-refractivity contribution in [2.24, 2.45) is 0 Å². The van der Waals surface area contributed by atoms with Gasteiger partial charge in [-0.05, 0) is 43.3 Å². The number of aromatic amines is 1. The Bertz CT molecular complexity index is 1630. The number of amides is 2. The van der Waals surface area contributed by atoms with Gasteiger partial charge in [-0.15, -0.1) is 0 Å². The van der Waals surface area contributed by atoms with Crippen LogP contribution in [0.5, 0.6) is 0 Å². The van der Waals surface area contributed by atoms with Gasteiger partial charge in [0.2, 0.25) is 0 Å². The SMILES string of the molecule is Cc1cnc(CNC(=O)c2cc(NC(=O)c3cc(-c4ncccc4F)ccc3Cl)n(-c3ccccc3)n2)[nH]1. The van der Waals surface area contributed by atoms with Crippen LogP contribution >= 0.6 is 11.6 Å². The van der Waals surface area contributed by atoms with Crippen molar-refractivity contribution in [1.29, 1.82) is 0 Å². The Balaban J connectivity index is 1.44. The molecule has 11 heteroatoms. The number of halogens is 2. The quantitative estimate of drug-likeness (QED) is 0.276. The van der Waals surface area contributed by atoms with Crippen LogP contribution in [0.1, 0.15) is 32.4 Å². The van der Waals surface area contributed by atoms with Crippen LogP contribution in [-0.4, -0.2) is 36.5 Å². The molecule has 0 atom stereocenters. The number of nitrogens with zero attached hydrogens (tertiary/aromatic N) is 4. The number of imidazole rings is 1. The van der Waals surface area contributed by atoms with E-state index in [9.17, 15) is 14.0 Å². The Kier molecular flexibility index (Phi) is 6.96. The molecule has 0 unspecified atom stereocenters.